The maximum absolute atomic E-state index is 11.4. The second-order valence-electron chi connectivity index (χ2n) is 6.32. The van der Waals surface area contributed by atoms with Crippen LogP contribution in [0.5, 0.6) is 0 Å². The molecule has 4 heteroatoms. The molecule has 0 spiro atoms. The fourth-order valence-corrected chi connectivity index (χ4v) is 1.98. The lowest BCUT2D eigenvalue weighted by atomic mass is 10.0. The predicted octanol–water partition coefficient (Wildman–Crippen LogP) is 3.28. The summed E-state index contributed by atoms with van der Waals surface area (Å²) in [5.74, 6) is -0.361. The van der Waals surface area contributed by atoms with Crippen LogP contribution in [-0.2, 0) is 16.1 Å². The van der Waals surface area contributed by atoms with Crippen molar-refractivity contribution in [2.75, 3.05) is 13.2 Å². The molecule has 0 fully saturated rings. The van der Waals surface area contributed by atoms with Crippen LogP contribution in [-0.4, -0.2) is 29.6 Å². The van der Waals surface area contributed by atoms with Crippen molar-refractivity contribution in [1.82, 2.24) is 4.90 Å². The molecule has 1 rings (SSSR count). The van der Waals surface area contributed by atoms with Crippen molar-refractivity contribution >= 4 is 5.97 Å². The van der Waals surface area contributed by atoms with Crippen LogP contribution in [0.15, 0.2) is 36.4 Å². The van der Waals surface area contributed by atoms with Crippen LogP contribution in [0, 0.1) is 11.3 Å². The number of ether oxygens (including phenoxy) is 1. The lowest BCUT2D eigenvalue weighted by molar-refractivity contribution is -0.139. The number of carbonyl (C=O) groups excluding carboxylic acids is 1. The fourth-order valence-electron chi connectivity index (χ4n) is 1.98. The number of hydrogen-bond donors (Lipinski definition) is 0. The van der Waals surface area contributed by atoms with Crippen LogP contribution in [0.2, 0.25) is 0 Å². The standard InChI is InChI=1S/C18H24N2O2/c1-14(2)17(21)22-10-9-20(18(3,4)5)13-16-8-6-7-15(11-16)12-19/h6-8,11H,1,9-10,13H2,2-5H3. The van der Waals surface area contributed by atoms with Crippen LogP contribution < -0.4 is 0 Å². The quantitative estimate of drug-likeness (QED) is 0.597. The second kappa shape index (κ2) is 7.77. The first kappa shape index (κ1) is 17.9. The maximum Gasteiger partial charge on any atom is 0.333 e. The Bertz CT molecular complexity index is 579. The summed E-state index contributed by atoms with van der Waals surface area (Å²) in [5, 5.41) is 8.98. The van der Waals surface area contributed by atoms with Gasteiger partial charge in [0.1, 0.15) is 6.61 Å². The lowest BCUT2D eigenvalue weighted by Crippen LogP contribution is -2.43. The first-order chi connectivity index (χ1) is 10.2. The van der Waals surface area contributed by atoms with Crippen molar-refractivity contribution in [2.45, 2.75) is 39.8 Å². The predicted molar refractivity (Wildman–Crippen MR) is 87.1 cm³/mol. The molecule has 0 aliphatic heterocycles. The molecule has 0 saturated carbocycles. The molecule has 4 nitrogen and oxygen atoms in total. The number of carbonyl (C=O) groups is 1. The Labute approximate surface area is 133 Å². The molecule has 0 saturated heterocycles. The highest BCUT2D eigenvalue weighted by Crippen LogP contribution is 2.17. The molecule has 0 aliphatic carbocycles. The highest BCUT2D eigenvalue weighted by Gasteiger charge is 2.21. The normalized spacial score (nSPS) is 11.1. The van der Waals surface area contributed by atoms with Gasteiger partial charge in [-0.1, -0.05) is 18.7 Å². The zero-order valence-electron chi connectivity index (χ0n) is 13.8. The van der Waals surface area contributed by atoms with E-state index in [4.69, 9.17) is 10.00 Å². The largest absolute Gasteiger partial charge is 0.461 e. The van der Waals surface area contributed by atoms with Crippen LogP contribution in [0.1, 0.15) is 38.8 Å². The van der Waals surface area contributed by atoms with Crippen molar-refractivity contribution in [3.05, 3.63) is 47.5 Å². The Kier molecular flexibility index (Phi) is 6.33. The van der Waals surface area contributed by atoms with Crippen molar-refractivity contribution in [3.63, 3.8) is 0 Å². The zero-order valence-corrected chi connectivity index (χ0v) is 13.8. The van der Waals surface area contributed by atoms with Gasteiger partial charge in [-0.25, -0.2) is 4.79 Å². The minimum absolute atomic E-state index is 0.0712. The van der Waals surface area contributed by atoms with Gasteiger partial charge < -0.3 is 4.74 Å². The van der Waals surface area contributed by atoms with E-state index < -0.39 is 0 Å². The molecular weight excluding hydrogens is 276 g/mol. The third-order valence-electron chi connectivity index (χ3n) is 3.32. The maximum atomic E-state index is 11.4. The van der Waals surface area contributed by atoms with Gasteiger partial charge in [-0.2, -0.15) is 5.26 Å². The number of nitrogens with zero attached hydrogens (tertiary/aromatic N) is 2. The fraction of sp³-hybridized carbons (Fsp3) is 0.444. The summed E-state index contributed by atoms with van der Waals surface area (Å²) in [6.45, 7) is 13.2. The van der Waals surface area contributed by atoms with Gasteiger partial charge in [0.15, 0.2) is 0 Å². The Hall–Kier alpha value is -2.12. The van der Waals surface area contributed by atoms with Gasteiger partial charge in [0.2, 0.25) is 0 Å². The van der Waals surface area contributed by atoms with E-state index in [1.807, 2.05) is 18.2 Å². The Morgan fingerprint density at radius 1 is 1.41 bits per heavy atom. The van der Waals surface area contributed by atoms with E-state index >= 15 is 0 Å². The number of rotatable bonds is 6. The molecule has 118 valence electrons. The van der Waals surface area contributed by atoms with Crippen molar-refractivity contribution in [1.29, 1.82) is 5.26 Å². The molecule has 0 heterocycles. The summed E-state index contributed by atoms with van der Waals surface area (Å²) in [6, 6.07) is 9.72. The molecule has 0 radical (unpaired) electrons. The summed E-state index contributed by atoms with van der Waals surface area (Å²) in [6.07, 6.45) is 0. The van der Waals surface area contributed by atoms with Crippen molar-refractivity contribution in [2.24, 2.45) is 0 Å². The number of benzene rings is 1. The monoisotopic (exact) mass is 300 g/mol. The Morgan fingerprint density at radius 2 is 2.09 bits per heavy atom. The van der Waals surface area contributed by atoms with E-state index in [1.165, 1.54) is 0 Å². The molecule has 0 aliphatic rings. The SMILES string of the molecule is C=C(C)C(=O)OCCN(Cc1cccc(C#N)c1)C(C)(C)C. The lowest BCUT2D eigenvalue weighted by Gasteiger charge is -2.35. The molecule has 0 amide bonds. The van der Waals surface area contributed by atoms with Crippen molar-refractivity contribution < 1.29 is 9.53 Å². The van der Waals surface area contributed by atoms with Gasteiger partial charge in [0, 0.05) is 24.2 Å². The number of nitriles is 1. The third kappa shape index (κ3) is 5.71. The van der Waals surface area contributed by atoms with Gasteiger partial charge in [-0.15, -0.1) is 0 Å². The highest BCUT2D eigenvalue weighted by atomic mass is 16.5. The van der Waals surface area contributed by atoms with Crippen molar-refractivity contribution in [3.8, 4) is 6.07 Å². The summed E-state index contributed by atoms with van der Waals surface area (Å²) < 4.78 is 5.18. The molecule has 0 atom stereocenters. The Morgan fingerprint density at radius 3 is 2.64 bits per heavy atom. The van der Waals surface area contributed by atoms with Crippen LogP contribution >= 0.6 is 0 Å². The molecule has 1 aromatic carbocycles. The third-order valence-corrected chi connectivity index (χ3v) is 3.32. The van der Waals surface area contributed by atoms with Gasteiger partial charge >= 0.3 is 5.97 Å². The minimum Gasteiger partial charge on any atom is -0.461 e. The van der Waals surface area contributed by atoms with Gasteiger partial charge in [0.05, 0.1) is 11.6 Å². The van der Waals surface area contributed by atoms with Crippen LogP contribution in [0.4, 0.5) is 0 Å². The van der Waals surface area contributed by atoms with Crippen LogP contribution in [0.3, 0.4) is 0 Å². The molecule has 1 aromatic rings. The summed E-state index contributed by atoms with van der Waals surface area (Å²) >= 11 is 0. The number of esters is 1. The van der Waals surface area contributed by atoms with E-state index in [9.17, 15) is 4.79 Å². The van der Waals surface area contributed by atoms with E-state index in [1.54, 1.807) is 13.0 Å². The Balaban J connectivity index is 2.71. The molecule has 0 bridgehead atoms. The second-order valence-corrected chi connectivity index (χ2v) is 6.32. The molecule has 0 aromatic heterocycles. The zero-order chi connectivity index (χ0) is 16.8. The molecule has 22 heavy (non-hydrogen) atoms. The van der Waals surface area contributed by atoms with Gasteiger partial charge in [-0.3, -0.25) is 4.90 Å². The first-order valence-electron chi connectivity index (χ1n) is 7.31. The minimum atomic E-state index is -0.361. The van der Waals surface area contributed by atoms with E-state index in [0.717, 1.165) is 5.56 Å². The van der Waals surface area contributed by atoms with E-state index in [2.05, 4.69) is 38.3 Å². The molecular formula is C18H24N2O2. The first-order valence-corrected chi connectivity index (χ1v) is 7.31. The average Bonchev–Trinajstić information content (AvgIpc) is 2.45. The topological polar surface area (TPSA) is 53.3 Å². The summed E-state index contributed by atoms with van der Waals surface area (Å²) in [5.41, 5.74) is 2.06. The average molecular weight is 300 g/mol. The number of hydrogen-bond acceptors (Lipinski definition) is 4. The molecule has 0 unspecified atom stereocenters. The van der Waals surface area contributed by atoms with E-state index in [0.29, 0.717) is 30.8 Å². The van der Waals surface area contributed by atoms with E-state index in [-0.39, 0.29) is 11.5 Å². The van der Waals surface area contributed by atoms with Crippen LogP contribution in [0.25, 0.3) is 0 Å². The molecule has 0 N–H and O–H groups in total. The summed E-state index contributed by atoms with van der Waals surface area (Å²) in [7, 11) is 0. The highest BCUT2D eigenvalue weighted by molar-refractivity contribution is 5.86. The summed E-state index contributed by atoms with van der Waals surface area (Å²) in [4.78, 5) is 13.7. The van der Waals surface area contributed by atoms with Gasteiger partial charge in [-0.05, 0) is 45.4 Å². The smallest absolute Gasteiger partial charge is 0.333 e. The van der Waals surface area contributed by atoms with Gasteiger partial charge in [0.25, 0.3) is 0 Å².